The zero-order valence-electron chi connectivity index (χ0n) is 9.21. The van der Waals surface area contributed by atoms with E-state index < -0.39 is 0 Å². The molecule has 0 amide bonds. The van der Waals surface area contributed by atoms with Gasteiger partial charge in [0.1, 0.15) is 0 Å². The van der Waals surface area contributed by atoms with E-state index >= 15 is 0 Å². The average molecular weight is 213 g/mol. The summed E-state index contributed by atoms with van der Waals surface area (Å²) in [6.07, 6.45) is 1.05. The van der Waals surface area contributed by atoms with Crippen LogP contribution in [0.3, 0.4) is 0 Å². The molecule has 0 aromatic carbocycles. The van der Waals surface area contributed by atoms with Gasteiger partial charge < -0.3 is 10.2 Å². The third-order valence-electron chi connectivity index (χ3n) is 1.92. The van der Waals surface area contributed by atoms with Crippen molar-refractivity contribution < 1.29 is 0 Å². The van der Waals surface area contributed by atoms with E-state index in [1.54, 1.807) is 11.3 Å². The van der Waals surface area contributed by atoms with Gasteiger partial charge in [0.15, 0.2) is 0 Å². The molecular formula is C10H19N3S. The summed E-state index contributed by atoms with van der Waals surface area (Å²) in [6, 6.07) is 0. The van der Waals surface area contributed by atoms with E-state index in [9.17, 15) is 0 Å². The van der Waals surface area contributed by atoms with Gasteiger partial charge in [-0.3, -0.25) is 0 Å². The van der Waals surface area contributed by atoms with Crippen molar-refractivity contribution in [2.75, 3.05) is 33.7 Å². The number of thiazole rings is 1. The highest BCUT2D eigenvalue weighted by Crippen LogP contribution is 2.08. The summed E-state index contributed by atoms with van der Waals surface area (Å²) in [5.41, 5.74) is 1.14. The summed E-state index contributed by atoms with van der Waals surface area (Å²) < 4.78 is 0. The number of nitrogens with zero attached hydrogens (tertiary/aromatic N) is 2. The minimum absolute atomic E-state index is 1.03. The third-order valence-corrected chi connectivity index (χ3v) is 2.94. The van der Waals surface area contributed by atoms with Crippen LogP contribution in [0, 0.1) is 6.92 Å². The maximum absolute atomic E-state index is 4.41. The zero-order valence-corrected chi connectivity index (χ0v) is 10.0. The highest BCUT2D eigenvalue weighted by molar-refractivity contribution is 7.09. The Morgan fingerprint density at radius 3 is 2.79 bits per heavy atom. The molecule has 0 atom stereocenters. The Balaban J connectivity index is 2.04. The molecule has 1 heterocycles. The Kier molecular flexibility index (Phi) is 5.07. The van der Waals surface area contributed by atoms with E-state index in [1.165, 1.54) is 5.01 Å². The Hall–Kier alpha value is -0.450. The average Bonchev–Trinajstić information content (AvgIpc) is 2.50. The molecule has 0 radical (unpaired) electrons. The van der Waals surface area contributed by atoms with E-state index in [2.05, 4.69) is 34.7 Å². The van der Waals surface area contributed by atoms with Crippen LogP contribution in [0.15, 0.2) is 5.38 Å². The van der Waals surface area contributed by atoms with Gasteiger partial charge in [-0.1, -0.05) is 0 Å². The largest absolute Gasteiger partial charge is 0.315 e. The lowest BCUT2D eigenvalue weighted by Gasteiger charge is -2.09. The molecule has 0 aliphatic heterocycles. The Bertz CT molecular complexity index is 258. The predicted octanol–water partition coefficient (Wildman–Crippen LogP) is 1.15. The molecule has 4 heteroatoms. The molecule has 0 saturated heterocycles. The van der Waals surface area contributed by atoms with Crippen molar-refractivity contribution in [3.05, 3.63) is 16.1 Å². The van der Waals surface area contributed by atoms with Crippen molar-refractivity contribution in [1.29, 1.82) is 0 Å². The molecule has 1 aromatic rings. The zero-order chi connectivity index (χ0) is 10.4. The van der Waals surface area contributed by atoms with Crippen molar-refractivity contribution in [3.8, 4) is 0 Å². The van der Waals surface area contributed by atoms with Crippen LogP contribution in [0.1, 0.15) is 10.7 Å². The SMILES string of the molecule is Cc1csc(CCNCCN(C)C)n1. The van der Waals surface area contributed by atoms with Crippen LogP contribution in [0.25, 0.3) is 0 Å². The van der Waals surface area contributed by atoms with Gasteiger partial charge in [0.25, 0.3) is 0 Å². The number of hydrogen-bond acceptors (Lipinski definition) is 4. The number of aromatic nitrogens is 1. The molecule has 0 unspecified atom stereocenters. The van der Waals surface area contributed by atoms with E-state index in [0.29, 0.717) is 0 Å². The summed E-state index contributed by atoms with van der Waals surface area (Å²) in [4.78, 5) is 6.59. The molecule has 1 rings (SSSR count). The van der Waals surface area contributed by atoms with Crippen LogP contribution in [0.4, 0.5) is 0 Å². The standard InChI is InChI=1S/C10H19N3S/c1-9-8-14-10(12-9)4-5-11-6-7-13(2)3/h8,11H,4-7H2,1-3H3. The smallest absolute Gasteiger partial charge is 0.0940 e. The van der Waals surface area contributed by atoms with Crippen molar-refractivity contribution in [2.45, 2.75) is 13.3 Å². The lowest BCUT2D eigenvalue weighted by Crippen LogP contribution is -2.27. The Morgan fingerprint density at radius 1 is 1.43 bits per heavy atom. The lowest BCUT2D eigenvalue weighted by molar-refractivity contribution is 0.401. The summed E-state index contributed by atoms with van der Waals surface area (Å²) in [6.45, 7) is 5.22. The Labute approximate surface area is 90.2 Å². The summed E-state index contributed by atoms with van der Waals surface area (Å²) in [7, 11) is 4.18. The van der Waals surface area contributed by atoms with Crippen LogP contribution in [-0.2, 0) is 6.42 Å². The second-order valence-electron chi connectivity index (χ2n) is 3.69. The first-order valence-electron chi connectivity index (χ1n) is 4.95. The molecule has 1 aromatic heterocycles. The minimum Gasteiger partial charge on any atom is -0.315 e. The number of hydrogen-bond donors (Lipinski definition) is 1. The molecule has 14 heavy (non-hydrogen) atoms. The fourth-order valence-electron chi connectivity index (χ4n) is 1.14. The van der Waals surface area contributed by atoms with Gasteiger partial charge in [0, 0.05) is 37.1 Å². The molecule has 0 spiro atoms. The van der Waals surface area contributed by atoms with Gasteiger partial charge in [-0.2, -0.15) is 0 Å². The van der Waals surface area contributed by atoms with Crippen molar-refractivity contribution >= 4 is 11.3 Å². The minimum atomic E-state index is 1.03. The third kappa shape index (κ3) is 4.69. The molecule has 80 valence electrons. The van der Waals surface area contributed by atoms with E-state index in [1.807, 2.05) is 6.92 Å². The number of aryl methyl sites for hydroxylation is 1. The van der Waals surface area contributed by atoms with E-state index in [4.69, 9.17) is 0 Å². The molecule has 0 bridgehead atoms. The maximum atomic E-state index is 4.41. The fourth-order valence-corrected chi connectivity index (χ4v) is 1.92. The van der Waals surface area contributed by atoms with Gasteiger partial charge in [-0.15, -0.1) is 11.3 Å². The van der Waals surface area contributed by atoms with Crippen LogP contribution in [0.5, 0.6) is 0 Å². The monoisotopic (exact) mass is 213 g/mol. The Morgan fingerprint density at radius 2 is 2.21 bits per heavy atom. The first kappa shape index (κ1) is 11.6. The fraction of sp³-hybridized carbons (Fsp3) is 0.700. The van der Waals surface area contributed by atoms with Crippen LogP contribution in [-0.4, -0.2) is 43.6 Å². The van der Waals surface area contributed by atoms with Gasteiger partial charge in [0.2, 0.25) is 0 Å². The topological polar surface area (TPSA) is 28.2 Å². The van der Waals surface area contributed by atoms with E-state index in [-0.39, 0.29) is 0 Å². The lowest BCUT2D eigenvalue weighted by atomic mass is 10.4. The highest BCUT2D eigenvalue weighted by atomic mass is 32.1. The molecule has 0 aliphatic carbocycles. The first-order valence-corrected chi connectivity index (χ1v) is 5.83. The molecule has 3 nitrogen and oxygen atoms in total. The number of rotatable bonds is 6. The van der Waals surface area contributed by atoms with Gasteiger partial charge >= 0.3 is 0 Å². The highest BCUT2D eigenvalue weighted by Gasteiger charge is 1.97. The van der Waals surface area contributed by atoms with Gasteiger partial charge in [-0.05, 0) is 21.0 Å². The van der Waals surface area contributed by atoms with Crippen molar-refractivity contribution in [2.24, 2.45) is 0 Å². The van der Waals surface area contributed by atoms with Crippen molar-refractivity contribution in [1.82, 2.24) is 15.2 Å². The number of likely N-dealkylation sites (N-methyl/N-ethyl adjacent to an activating group) is 1. The summed E-state index contributed by atoms with van der Waals surface area (Å²) in [5.74, 6) is 0. The van der Waals surface area contributed by atoms with Gasteiger partial charge in [-0.25, -0.2) is 4.98 Å². The van der Waals surface area contributed by atoms with Crippen LogP contribution < -0.4 is 5.32 Å². The molecule has 0 saturated carbocycles. The summed E-state index contributed by atoms with van der Waals surface area (Å²) >= 11 is 1.75. The van der Waals surface area contributed by atoms with Crippen molar-refractivity contribution in [3.63, 3.8) is 0 Å². The molecular weight excluding hydrogens is 194 g/mol. The number of nitrogens with one attached hydrogen (secondary N) is 1. The van der Waals surface area contributed by atoms with Crippen LogP contribution in [0.2, 0.25) is 0 Å². The molecule has 1 N–H and O–H groups in total. The second-order valence-corrected chi connectivity index (χ2v) is 4.63. The molecule has 0 aliphatic rings. The predicted molar refractivity (Wildman–Crippen MR) is 62.0 cm³/mol. The van der Waals surface area contributed by atoms with Gasteiger partial charge in [0.05, 0.1) is 5.01 Å². The maximum Gasteiger partial charge on any atom is 0.0940 e. The second kappa shape index (κ2) is 6.11. The quantitative estimate of drug-likeness (QED) is 0.718. The van der Waals surface area contributed by atoms with E-state index in [0.717, 1.165) is 31.7 Å². The first-order chi connectivity index (χ1) is 6.68. The summed E-state index contributed by atoms with van der Waals surface area (Å²) in [5, 5.41) is 6.74. The van der Waals surface area contributed by atoms with Crippen LogP contribution >= 0.6 is 11.3 Å². The normalized spacial score (nSPS) is 11.1. The molecule has 0 fully saturated rings.